The molecule has 0 heteroatoms. The molecule has 0 amide bonds. The maximum atomic E-state index is 2.34. The van der Waals surface area contributed by atoms with E-state index in [1.165, 1.54) is 199 Å². The maximum Gasteiger partial charge on any atom is -0.0443 e. The highest BCUT2D eigenvalue weighted by molar-refractivity contribution is 4.65. The quantitative estimate of drug-likeness (QED) is 0.282. The number of hydrogen-bond donors (Lipinski definition) is 0. The molecule has 0 bridgehead atoms. The molecule has 0 N–H and O–H groups in total. The second-order valence-corrected chi connectivity index (χ2v) is 14.2. The van der Waals surface area contributed by atoms with Gasteiger partial charge in [-0.15, -0.1) is 0 Å². The van der Waals surface area contributed by atoms with Gasteiger partial charge in [-0.25, -0.2) is 0 Å². The average molecular weight is 549 g/mol. The molecule has 0 aliphatic heterocycles. The summed E-state index contributed by atoms with van der Waals surface area (Å²) >= 11 is 0. The van der Waals surface area contributed by atoms with E-state index in [-0.39, 0.29) is 0 Å². The minimum absolute atomic E-state index is 1.05. The van der Waals surface area contributed by atoms with Crippen LogP contribution in [0.5, 0.6) is 0 Å². The Kier molecular flexibility index (Phi) is 32.5. The van der Waals surface area contributed by atoms with Crippen LogP contribution in [0.25, 0.3) is 0 Å². The fourth-order valence-electron chi connectivity index (χ4n) is 4.10. The van der Waals surface area contributed by atoms with Gasteiger partial charge in [0, 0.05) is 0 Å². The van der Waals surface area contributed by atoms with Crippen LogP contribution in [-0.2, 0) is 0 Å². The number of rotatable bonds is 0. The molecule has 236 valence electrons. The molecule has 0 spiro atoms. The molecule has 8 fully saturated rings. The normalized spacial score (nSPS) is 23.3. The van der Waals surface area contributed by atoms with Crippen molar-refractivity contribution >= 4 is 0 Å². The van der Waals surface area contributed by atoms with Gasteiger partial charge < -0.3 is 0 Å². The van der Waals surface area contributed by atoms with E-state index in [1.54, 1.807) is 0 Å². The van der Waals surface area contributed by atoms with Crippen molar-refractivity contribution < 1.29 is 0 Å². The van der Waals surface area contributed by atoms with E-state index < -0.39 is 0 Å². The molecule has 0 atom stereocenters. The molecule has 0 aromatic rings. The first-order chi connectivity index (χ1) is 19.1. The Bertz CT molecular complexity index is 361. The van der Waals surface area contributed by atoms with Gasteiger partial charge in [-0.2, -0.15) is 0 Å². The Morgan fingerprint density at radius 1 is 0.256 bits per heavy atom. The molecular formula is C39H80. The van der Waals surface area contributed by atoms with Crippen LogP contribution in [0.4, 0.5) is 0 Å². The monoisotopic (exact) mass is 549 g/mol. The van der Waals surface area contributed by atoms with E-state index in [1.807, 2.05) is 0 Å². The van der Waals surface area contributed by atoms with E-state index in [0.29, 0.717) is 0 Å². The molecule has 8 aliphatic carbocycles. The fraction of sp³-hybridized carbons (Fsp3) is 1.00. The third-order valence-corrected chi connectivity index (χ3v) is 8.36. The van der Waals surface area contributed by atoms with Crippen molar-refractivity contribution in [3.05, 3.63) is 0 Å². The van der Waals surface area contributed by atoms with Crippen molar-refractivity contribution in [3.63, 3.8) is 0 Å². The zero-order chi connectivity index (χ0) is 28.7. The summed E-state index contributed by atoms with van der Waals surface area (Å²) in [6.45, 7) is 11.2. The molecule has 0 radical (unpaired) electrons. The lowest BCUT2D eigenvalue weighted by molar-refractivity contribution is 0.346. The van der Waals surface area contributed by atoms with Gasteiger partial charge in [0.1, 0.15) is 0 Å². The van der Waals surface area contributed by atoms with Crippen molar-refractivity contribution in [2.75, 3.05) is 0 Å². The molecule has 0 unspecified atom stereocenters. The average Bonchev–Trinajstić information content (AvgIpc) is 3.82. The highest BCUT2D eigenvalue weighted by Gasteiger charge is 2.12. The van der Waals surface area contributed by atoms with Crippen molar-refractivity contribution in [2.45, 2.75) is 234 Å². The van der Waals surface area contributed by atoms with Crippen LogP contribution in [0.15, 0.2) is 0 Å². The second-order valence-electron chi connectivity index (χ2n) is 14.2. The smallest absolute Gasteiger partial charge is 0.0443 e. The van der Waals surface area contributed by atoms with Crippen molar-refractivity contribution in [1.82, 2.24) is 0 Å². The third-order valence-electron chi connectivity index (χ3n) is 8.36. The first kappa shape index (κ1) is 39.0. The zero-order valence-corrected chi connectivity index (χ0v) is 28.7. The molecule has 8 aliphatic rings. The van der Waals surface area contributed by atoms with Crippen LogP contribution < -0.4 is 0 Å². The fourth-order valence-corrected chi connectivity index (χ4v) is 4.10. The summed E-state index contributed by atoms with van der Waals surface area (Å²) in [7, 11) is 0. The predicted molar refractivity (Wildman–Crippen MR) is 182 cm³/mol. The Labute approximate surface area is 251 Å². The summed E-state index contributed by atoms with van der Waals surface area (Å²) in [5, 5.41) is 0. The zero-order valence-electron chi connectivity index (χ0n) is 28.7. The summed E-state index contributed by atoms with van der Waals surface area (Å²) in [4.78, 5) is 0. The topological polar surface area (TPSA) is 0 Å². The second kappa shape index (κ2) is 32.5. The first-order valence-electron chi connectivity index (χ1n) is 19.1. The van der Waals surface area contributed by atoms with Crippen LogP contribution in [0.3, 0.4) is 0 Å². The summed E-state index contributed by atoms with van der Waals surface area (Å²) < 4.78 is 0. The van der Waals surface area contributed by atoms with Crippen LogP contribution in [0, 0.1) is 17.8 Å². The maximum absolute atomic E-state index is 2.34. The highest BCUT2D eigenvalue weighted by Crippen LogP contribution is 2.27. The molecule has 0 aromatic carbocycles. The standard InChI is InChI=1S/2C6H12.2C5H10.2C4H8.2C3H6.C3H8/c1-6-4-2-3-5-6;1-2-4-6-5-3-1;1-5-3-2-4-5;1-2-4-5-3-1;1-4-2-3-4;1-2-4-3-1;2*1-2-3-1;1-3-2/h6H,2-5H2,1H3;1-6H2;5H,2-4H2,1H3;1-5H2;4H,2-3H2,1H3;1-4H2;2*1-3H2;3H2,1-2H3. The third kappa shape index (κ3) is 45.2. The van der Waals surface area contributed by atoms with Gasteiger partial charge in [-0.1, -0.05) is 234 Å². The van der Waals surface area contributed by atoms with Crippen LogP contribution in [0.1, 0.15) is 234 Å². The molecule has 0 nitrogen and oxygen atoms in total. The van der Waals surface area contributed by atoms with Crippen LogP contribution >= 0.6 is 0 Å². The van der Waals surface area contributed by atoms with E-state index in [9.17, 15) is 0 Å². The van der Waals surface area contributed by atoms with Gasteiger partial charge in [-0.05, 0) is 17.8 Å². The van der Waals surface area contributed by atoms with Gasteiger partial charge in [0.15, 0.2) is 0 Å². The van der Waals surface area contributed by atoms with E-state index in [0.717, 1.165) is 17.8 Å². The minimum atomic E-state index is 1.05. The summed E-state index contributed by atoms with van der Waals surface area (Å²) in [6.07, 6.45) is 46.1. The largest absolute Gasteiger partial charge is 0.0656 e. The first-order valence-corrected chi connectivity index (χ1v) is 19.1. The van der Waals surface area contributed by atoms with E-state index >= 15 is 0 Å². The van der Waals surface area contributed by atoms with Gasteiger partial charge in [0.2, 0.25) is 0 Å². The minimum Gasteiger partial charge on any atom is -0.0656 e. The molecule has 0 aromatic heterocycles. The Hall–Kier alpha value is 0. The van der Waals surface area contributed by atoms with E-state index in [4.69, 9.17) is 0 Å². The van der Waals surface area contributed by atoms with Gasteiger partial charge in [0.05, 0.1) is 0 Å². The molecular weight excluding hydrogens is 468 g/mol. The SMILES string of the molecule is C1CC1.C1CC1.C1CCC1.C1CCCC1.C1CCCCC1.CC1CC1.CC1CCC1.CC1CCCC1.CCC. The summed E-state index contributed by atoms with van der Waals surface area (Å²) in [5.41, 5.74) is 0. The molecule has 0 heterocycles. The lowest BCUT2D eigenvalue weighted by atomic mass is 9.88. The Balaban J connectivity index is 0.000000421. The van der Waals surface area contributed by atoms with Crippen LogP contribution in [0.2, 0.25) is 0 Å². The van der Waals surface area contributed by atoms with Gasteiger partial charge in [0.25, 0.3) is 0 Å². The number of hydrogen-bond acceptors (Lipinski definition) is 0. The Morgan fingerprint density at radius 3 is 0.462 bits per heavy atom. The van der Waals surface area contributed by atoms with E-state index in [2.05, 4.69) is 34.6 Å². The predicted octanol–water partition coefficient (Wildman–Crippen LogP) is 15.0. The highest BCUT2D eigenvalue weighted by atomic mass is 14.2. The summed E-state index contributed by atoms with van der Waals surface area (Å²) in [5.74, 6) is 3.19. The van der Waals surface area contributed by atoms with Crippen molar-refractivity contribution in [2.24, 2.45) is 17.8 Å². The Morgan fingerprint density at radius 2 is 0.410 bits per heavy atom. The molecule has 8 rings (SSSR count). The molecule has 39 heavy (non-hydrogen) atoms. The molecule has 8 saturated carbocycles. The van der Waals surface area contributed by atoms with Gasteiger partial charge in [-0.3, -0.25) is 0 Å². The van der Waals surface area contributed by atoms with Crippen molar-refractivity contribution in [1.29, 1.82) is 0 Å². The van der Waals surface area contributed by atoms with Gasteiger partial charge >= 0.3 is 0 Å². The lowest BCUT2D eigenvalue weighted by Gasteiger charge is -2.18. The van der Waals surface area contributed by atoms with Crippen molar-refractivity contribution in [3.8, 4) is 0 Å². The summed E-state index contributed by atoms with van der Waals surface area (Å²) in [6, 6.07) is 0. The lowest BCUT2D eigenvalue weighted by Crippen LogP contribution is -2.04. The van der Waals surface area contributed by atoms with Crippen LogP contribution in [-0.4, -0.2) is 0 Å². The molecule has 0 saturated heterocycles.